The number of nitrogens with one attached hydrogen (secondary N) is 1. The number of amides is 1. The van der Waals surface area contributed by atoms with E-state index in [1.54, 1.807) is 12.1 Å². The fourth-order valence-corrected chi connectivity index (χ4v) is 3.12. The Morgan fingerprint density at radius 2 is 1.93 bits per heavy atom. The molecule has 0 saturated heterocycles. The molecule has 6 nitrogen and oxygen atoms in total. The third kappa shape index (κ3) is 4.10. The Morgan fingerprint density at radius 1 is 1.19 bits per heavy atom. The highest BCUT2D eigenvalue weighted by atomic mass is 16.5. The second-order valence-electron chi connectivity index (χ2n) is 6.71. The van der Waals surface area contributed by atoms with E-state index in [1.807, 2.05) is 32.9 Å². The van der Waals surface area contributed by atoms with E-state index < -0.39 is 5.97 Å². The zero-order valence-electron chi connectivity index (χ0n) is 15.9. The van der Waals surface area contributed by atoms with Crippen molar-refractivity contribution < 1.29 is 18.7 Å². The van der Waals surface area contributed by atoms with Crippen LogP contribution in [-0.4, -0.2) is 24.2 Å². The lowest BCUT2D eigenvalue weighted by molar-refractivity contribution is 0.0465. The molecule has 6 heteroatoms. The standard InChI is InChI=1S/C21H24N2O4/c1-4-12-26-21(25)19-14(3)18-16(6-5-7-17(18)27-19)22-23-20(24)15-10-8-13(2)9-11-15/h8-11H,4-7,12H2,1-3H3,(H,23,24)/b22-16+. The van der Waals surface area contributed by atoms with E-state index in [2.05, 4.69) is 10.5 Å². The van der Waals surface area contributed by atoms with Crippen LogP contribution in [0.5, 0.6) is 0 Å². The lowest BCUT2D eigenvalue weighted by Gasteiger charge is -2.13. The van der Waals surface area contributed by atoms with Gasteiger partial charge in [-0.25, -0.2) is 10.2 Å². The Balaban J connectivity index is 1.82. The minimum absolute atomic E-state index is 0.230. The first-order valence-corrected chi connectivity index (χ1v) is 9.24. The molecule has 1 aromatic heterocycles. The Morgan fingerprint density at radius 3 is 2.63 bits per heavy atom. The number of ether oxygens (including phenoxy) is 1. The third-order valence-electron chi connectivity index (χ3n) is 4.55. The molecule has 1 aromatic carbocycles. The van der Waals surface area contributed by atoms with Gasteiger partial charge in [-0.2, -0.15) is 5.10 Å². The number of carbonyl (C=O) groups is 2. The molecule has 1 aliphatic rings. The van der Waals surface area contributed by atoms with Crippen molar-refractivity contribution in [3.8, 4) is 0 Å². The van der Waals surface area contributed by atoms with Crippen LogP contribution in [0.4, 0.5) is 0 Å². The summed E-state index contributed by atoms with van der Waals surface area (Å²) in [4.78, 5) is 24.5. The average Bonchev–Trinajstić information content (AvgIpc) is 3.02. The summed E-state index contributed by atoms with van der Waals surface area (Å²) in [5, 5.41) is 4.32. The number of hydrogen-bond donors (Lipinski definition) is 1. The molecule has 0 atom stereocenters. The molecule has 1 amide bonds. The number of nitrogens with zero attached hydrogens (tertiary/aromatic N) is 1. The molecule has 0 saturated carbocycles. The maximum absolute atomic E-state index is 12.3. The van der Waals surface area contributed by atoms with Crippen molar-refractivity contribution in [2.24, 2.45) is 5.10 Å². The van der Waals surface area contributed by atoms with Crippen molar-refractivity contribution in [3.05, 3.63) is 58.0 Å². The summed E-state index contributed by atoms with van der Waals surface area (Å²) in [6.07, 6.45) is 3.05. The van der Waals surface area contributed by atoms with Gasteiger partial charge in [0.2, 0.25) is 5.76 Å². The van der Waals surface area contributed by atoms with Crippen molar-refractivity contribution in [2.45, 2.75) is 46.5 Å². The van der Waals surface area contributed by atoms with E-state index in [0.29, 0.717) is 24.2 Å². The van der Waals surface area contributed by atoms with Gasteiger partial charge < -0.3 is 9.15 Å². The minimum Gasteiger partial charge on any atom is -0.460 e. The third-order valence-corrected chi connectivity index (χ3v) is 4.55. The van der Waals surface area contributed by atoms with Gasteiger partial charge in [0.25, 0.3) is 5.91 Å². The smallest absolute Gasteiger partial charge is 0.374 e. The fraction of sp³-hybridized carbons (Fsp3) is 0.381. The van der Waals surface area contributed by atoms with Crippen molar-refractivity contribution >= 4 is 17.6 Å². The van der Waals surface area contributed by atoms with Gasteiger partial charge in [-0.1, -0.05) is 24.6 Å². The van der Waals surface area contributed by atoms with Crippen LogP contribution in [0.3, 0.4) is 0 Å². The predicted octanol–water partition coefficient (Wildman–Crippen LogP) is 3.93. The number of hydrogen-bond acceptors (Lipinski definition) is 5. The molecular weight excluding hydrogens is 344 g/mol. The number of esters is 1. The summed E-state index contributed by atoms with van der Waals surface area (Å²) in [7, 11) is 0. The second-order valence-corrected chi connectivity index (χ2v) is 6.71. The molecule has 1 aliphatic carbocycles. The molecule has 0 bridgehead atoms. The number of fused-ring (bicyclic) bond motifs is 1. The Hall–Kier alpha value is -2.89. The fourth-order valence-electron chi connectivity index (χ4n) is 3.12. The highest BCUT2D eigenvalue weighted by Gasteiger charge is 2.28. The van der Waals surface area contributed by atoms with E-state index in [9.17, 15) is 9.59 Å². The first kappa shape index (κ1) is 18.9. The Bertz CT molecular complexity index is 878. The normalized spacial score (nSPS) is 14.7. The van der Waals surface area contributed by atoms with Gasteiger partial charge in [-0.3, -0.25) is 4.79 Å². The van der Waals surface area contributed by atoms with Crippen LogP contribution in [0.15, 0.2) is 33.8 Å². The van der Waals surface area contributed by atoms with E-state index in [-0.39, 0.29) is 11.7 Å². The molecular formula is C21H24N2O4. The van der Waals surface area contributed by atoms with E-state index in [1.165, 1.54) is 0 Å². The Labute approximate surface area is 158 Å². The zero-order chi connectivity index (χ0) is 19.4. The molecule has 0 radical (unpaired) electrons. The lowest BCUT2D eigenvalue weighted by Crippen LogP contribution is -2.22. The summed E-state index contributed by atoms with van der Waals surface area (Å²) in [6, 6.07) is 7.30. The summed E-state index contributed by atoms with van der Waals surface area (Å²) in [5.41, 5.74) is 6.52. The van der Waals surface area contributed by atoms with Gasteiger partial charge >= 0.3 is 5.97 Å². The minimum atomic E-state index is -0.452. The first-order valence-electron chi connectivity index (χ1n) is 9.24. The highest BCUT2D eigenvalue weighted by Crippen LogP contribution is 2.30. The molecule has 0 spiro atoms. The molecule has 27 heavy (non-hydrogen) atoms. The molecule has 1 N–H and O–H groups in total. The van der Waals surface area contributed by atoms with Crippen LogP contribution in [0.1, 0.15) is 69.5 Å². The molecule has 0 fully saturated rings. The SMILES string of the molecule is CCCOC(=O)c1oc2c(c1C)/C(=N/NC(=O)c1ccc(C)cc1)CCC2. The summed E-state index contributed by atoms with van der Waals surface area (Å²) in [6.45, 7) is 6.09. The van der Waals surface area contributed by atoms with Gasteiger partial charge in [0, 0.05) is 23.1 Å². The molecule has 0 unspecified atom stereocenters. The van der Waals surface area contributed by atoms with Gasteiger partial charge in [0.15, 0.2) is 0 Å². The summed E-state index contributed by atoms with van der Waals surface area (Å²) < 4.78 is 11.0. The number of aryl methyl sites for hydroxylation is 2. The second kappa shape index (κ2) is 8.20. The van der Waals surface area contributed by atoms with Crippen LogP contribution in [0, 0.1) is 13.8 Å². The van der Waals surface area contributed by atoms with Crippen molar-refractivity contribution in [1.82, 2.24) is 5.43 Å². The lowest BCUT2D eigenvalue weighted by atomic mass is 9.93. The van der Waals surface area contributed by atoms with Gasteiger partial charge in [-0.15, -0.1) is 0 Å². The van der Waals surface area contributed by atoms with Gasteiger partial charge in [0.1, 0.15) is 5.76 Å². The van der Waals surface area contributed by atoms with E-state index >= 15 is 0 Å². The van der Waals surface area contributed by atoms with E-state index in [0.717, 1.165) is 41.9 Å². The van der Waals surface area contributed by atoms with Crippen molar-refractivity contribution in [1.29, 1.82) is 0 Å². The number of benzene rings is 1. The highest BCUT2D eigenvalue weighted by molar-refractivity contribution is 6.06. The van der Waals surface area contributed by atoms with Crippen LogP contribution >= 0.6 is 0 Å². The van der Waals surface area contributed by atoms with Gasteiger partial charge in [-0.05, 0) is 45.2 Å². The van der Waals surface area contributed by atoms with Crippen LogP contribution in [0.25, 0.3) is 0 Å². The predicted molar refractivity (Wildman–Crippen MR) is 102 cm³/mol. The topological polar surface area (TPSA) is 80.9 Å². The van der Waals surface area contributed by atoms with Crippen LogP contribution in [-0.2, 0) is 11.2 Å². The quantitative estimate of drug-likeness (QED) is 0.640. The Kier molecular flexibility index (Phi) is 5.74. The molecule has 0 aliphatic heterocycles. The van der Waals surface area contributed by atoms with Crippen LogP contribution < -0.4 is 5.43 Å². The number of hydrazone groups is 1. The monoisotopic (exact) mass is 368 g/mol. The number of furan rings is 1. The largest absolute Gasteiger partial charge is 0.460 e. The first-order chi connectivity index (χ1) is 13.0. The number of rotatable bonds is 5. The molecule has 142 valence electrons. The number of carbonyl (C=O) groups excluding carboxylic acids is 2. The summed E-state index contributed by atoms with van der Waals surface area (Å²) in [5.74, 6) is 0.239. The maximum atomic E-state index is 12.3. The van der Waals surface area contributed by atoms with Crippen LogP contribution in [0.2, 0.25) is 0 Å². The maximum Gasteiger partial charge on any atom is 0.374 e. The van der Waals surface area contributed by atoms with Crippen molar-refractivity contribution in [2.75, 3.05) is 6.61 Å². The van der Waals surface area contributed by atoms with E-state index in [4.69, 9.17) is 9.15 Å². The molecule has 2 aromatic rings. The van der Waals surface area contributed by atoms with Crippen molar-refractivity contribution in [3.63, 3.8) is 0 Å². The molecule has 1 heterocycles. The summed E-state index contributed by atoms with van der Waals surface area (Å²) >= 11 is 0. The van der Waals surface area contributed by atoms with Gasteiger partial charge in [0.05, 0.1) is 12.3 Å². The zero-order valence-corrected chi connectivity index (χ0v) is 15.9. The average molecular weight is 368 g/mol. The molecule has 3 rings (SSSR count).